The molecule has 3 rings (SSSR count). The van der Waals surface area contributed by atoms with Gasteiger partial charge in [-0.25, -0.2) is 0 Å². The standard InChI is InChI=1S/C22H34N4O2/c27-22(23-9-12-26-17-19-28-20-18-26)8-11-25-15-13-24(14-16-25)10-4-7-21-5-2-1-3-6-21/h1-7H,8-20H2,(H,23,27)/b7-4+. The van der Waals surface area contributed by atoms with Crippen molar-refractivity contribution in [3.05, 3.63) is 42.0 Å². The van der Waals surface area contributed by atoms with Crippen molar-refractivity contribution in [2.45, 2.75) is 6.42 Å². The Morgan fingerprint density at radius 3 is 2.36 bits per heavy atom. The molecule has 0 aliphatic carbocycles. The van der Waals surface area contributed by atoms with Crippen molar-refractivity contribution in [3.8, 4) is 0 Å². The van der Waals surface area contributed by atoms with E-state index >= 15 is 0 Å². The lowest BCUT2D eigenvalue weighted by Gasteiger charge is -2.34. The Morgan fingerprint density at radius 2 is 1.61 bits per heavy atom. The molecule has 0 bridgehead atoms. The van der Waals surface area contributed by atoms with Gasteiger partial charge in [0.15, 0.2) is 0 Å². The number of morpholine rings is 1. The molecular weight excluding hydrogens is 352 g/mol. The SMILES string of the molecule is O=C(CCN1CCN(C/C=C/c2ccccc2)CC1)NCCN1CCOCC1. The van der Waals surface area contributed by atoms with Crippen LogP contribution in [-0.4, -0.2) is 99.3 Å². The van der Waals surface area contributed by atoms with Gasteiger partial charge in [-0.05, 0) is 5.56 Å². The number of benzene rings is 1. The summed E-state index contributed by atoms with van der Waals surface area (Å²) in [6.45, 7) is 11.3. The van der Waals surface area contributed by atoms with E-state index in [0.29, 0.717) is 6.42 Å². The lowest BCUT2D eigenvalue weighted by molar-refractivity contribution is -0.121. The molecule has 0 unspecified atom stereocenters. The first-order valence-corrected chi connectivity index (χ1v) is 10.5. The highest BCUT2D eigenvalue weighted by atomic mass is 16.5. The van der Waals surface area contributed by atoms with Gasteiger partial charge in [-0.15, -0.1) is 0 Å². The quantitative estimate of drug-likeness (QED) is 0.690. The van der Waals surface area contributed by atoms with Crippen LogP contribution in [0, 0.1) is 0 Å². The largest absolute Gasteiger partial charge is 0.379 e. The molecule has 6 heteroatoms. The van der Waals surface area contributed by atoms with Crippen molar-refractivity contribution in [1.82, 2.24) is 20.0 Å². The summed E-state index contributed by atoms with van der Waals surface area (Å²) < 4.78 is 5.34. The predicted molar refractivity (Wildman–Crippen MR) is 113 cm³/mol. The van der Waals surface area contributed by atoms with Crippen molar-refractivity contribution in [2.24, 2.45) is 0 Å². The molecule has 0 atom stereocenters. The number of hydrogen-bond donors (Lipinski definition) is 1. The second-order valence-corrected chi connectivity index (χ2v) is 7.51. The molecule has 6 nitrogen and oxygen atoms in total. The van der Waals surface area contributed by atoms with Crippen LogP contribution in [0.4, 0.5) is 0 Å². The zero-order valence-corrected chi connectivity index (χ0v) is 16.9. The van der Waals surface area contributed by atoms with Gasteiger partial charge >= 0.3 is 0 Å². The van der Waals surface area contributed by atoms with Crippen molar-refractivity contribution in [1.29, 1.82) is 0 Å². The van der Waals surface area contributed by atoms with Gasteiger partial charge < -0.3 is 15.0 Å². The molecule has 2 saturated heterocycles. The highest BCUT2D eigenvalue weighted by Crippen LogP contribution is 2.05. The van der Waals surface area contributed by atoms with Gasteiger partial charge in [-0.1, -0.05) is 42.5 Å². The molecule has 2 aliphatic heterocycles. The summed E-state index contributed by atoms with van der Waals surface area (Å²) in [5.74, 6) is 0.168. The van der Waals surface area contributed by atoms with Gasteiger partial charge in [0, 0.05) is 71.9 Å². The second-order valence-electron chi connectivity index (χ2n) is 7.51. The van der Waals surface area contributed by atoms with Crippen molar-refractivity contribution >= 4 is 12.0 Å². The molecule has 1 amide bonds. The molecule has 0 saturated carbocycles. The monoisotopic (exact) mass is 386 g/mol. The molecule has 2 aliphatic rings. The lowest BCUT2D eigenvalue weighted by atomic mass is 10.2. The third kappa shape index (κ3) is 7.72. The van der Waals surface area contributed by atoms with E-state index in [1.54, 1.807) is 0 Å². The van der Waals surface area contributed by atoms with Gasteiger partial charge in [-0.3, -0.25) is 14.6 Å². The number of rotatable bonds is 9. The lowest BCUT2D eigenvalue weighted by Crippen LogP contribution is -2.47. The molecule has 28 heavy (non-hydrogen) atoms. The van der Waals surface area contributed by atoms with Gasteiger partial charge in [0.2, 0.25) is 5.91 Å². The Bertz CT molecular complexity index is 594. The number of hydrogen-bond acceptors (Lipinski definition) is 5. The van der Waals surface area contributed by atoms with Crippen LogP contribution in [0.2, 0.25) is 0 Å². The summed E-state index contributed by atoms with van der Waals surface area (Å²) in [5, 5.41) is 3.05. The van der Waals surface area contributed by atoms with E-state index in [0.717, 1.165) is 78.7 Å². The average molecular weight is 387 g/mol. The van der Waals surface area contributed by atoms with Crippen LogP contribution in [-0.2, 0) is 9.53 Å². The molecular formula is C22H34N4O2. The smallest absolute Gasteiger partial charge is 0.221 e. The van der Waals surface area contributed by atoms with E-state index in [9.17, 15) is 4.79 Å². The fraction of sp³-hybridized carbons (Fsp3) is 0.591. The fourth-order valence-corrected chi connectivity index (χ4v) is 3.62. The first kappa shape index (κ1) is 21.0. The van der Waals surface area contributed by atoms with Gasteiger partial charge in [0.25, 0.3) is 0 Å². The molecule has 2 heterocycles. The van der Waals surface area contributed by atoms with Gasteiger partial charge in [0.1, 0.15) is 0 Å². The van der Waals surface area contributed by atoms with Crippen LogP contribution in [0.3, 0.4) is 0 Å². The molecule has 1 aromatic carbocycles. The van der Waals surface area contributed by atoms with Crippen LogP contribution < -0.4 is 5.32 Å². The Morgan fingerprint density at radius 1 is 0.929 bits per heavy atom. The van der Waals surface area contributed by atoms with Gasteiger partial charge in [-0.2, -0.15) is 0 Å². The summed E-state index contributed by atoms with van der Waals surface area (Å²) in [6.07, 6.45) is 5.03. The van der Waals surface area contributed by atoms with E-state index in [2.05, 4.69) is 56.4 Å². The van der Waals surface area contributed by atoms with E-state index in [1.165, 1.54) is 5.56 Å². The first-order valence-electron chi connectivity index (χ1n) is 10.5. The number of amides is 1. The van der Waals surface area contributed by atoms with Gasteiger partial charge in [0.05, 0.1) is 13.2 Å². The predicted octanol–water partition coefficient (Wildman–Crippen LogP) is 1.16. The normalized spacial score (nSPS) is 19.9. The number of carbonyl (C=O) groups is 1. The van der Waals surface area contributed by atoms with Crippen LogP contribution in [0.15, 0.2) is 36.4 Å². The fourth-order valence-electron chi connectivity index (χ4n) is 3.62. The number of carbonyl (C=O) groups excluding carboxylic acids is 1. The zero-order valence-electron chi connectivity index (χ0n) is 16.9. The Hall–Kier alpha value is -1.73. The van der Waals surface area contributed by atoms with E-state index in [1.807, 2.05) is 6.07 Å². The molecule has 0 spiro atoms. The topological polar surface area (TPSA) is 48.1 Å². The molecule has 1 aromatic rings. The maximum absolute atomic E-state index is 12.1. The van der Waals surface area contributed by atoms with E-state index in [4.69, 9.17) is 4.74 Å². The Labute approximate surface area is 169 Å². The molecule has 154 valence electrons. The summed E-state index contributed by atoms with van der Waals surface area (Å²) >= 11 is 0. The highest BCUT2D eigenvalue weighted by molar-refractivity contribution is 5.76. The highest BCUT2D eigenvalue weighted by Gasteiger charge is 2.16. The maximum Gasteiger partial charge on any atom is 0.221 e. The van der Waals surface area contributed by atoms with Crippen molar-refractivity contribution in [3.63, 3.8) is 0 Å². The first-order chi connectivity index (χ1) is 13.8. The third-order valence-electron chi connectivity index (χ3n) is 5.45. The van der Waals surface area contributed by atoms with Crippen LogP contribution >= 0.6 is 0 Å². The summed E-state index contributed by atoms with van der Waals surface area (Å²) in [6, 6.07) is 10.4. The van der Waals surface area contributed by atoms with E-state index < -0.39 is 0 Å². The maximum atomic E-state index is 12.1. The Balaban J connectivity index is 1.23. The van der Waals surface area contributed by atoms with Crippen molar-refractivity contribution in [2.75, 3.05) is 78.7 Å². The van der Waals surface area contributed by atoms with Crippen LogP contribution in [0.25, 0.3) is 6.08 Å². The summed E-state index contributed by atoms with van der Waals surface area (Å²) in [7, 11) is 0. The number of nitrogens with one attached hydrogen (secondary N) is 1. The van der Waals surface area contributed by atoms with E-state index in [-0.39, 0.29) is 5.91 Å². The van der Waals surface area contributed by atoms with Crippen molar-refractivity contribution < 1.29 is 9.53 Å². The summed E-state index contributed by atoms with van der Waals surface area (Å²) in [4.78, 5) is 19.3. The average Bonchev–Trinajstić information content (AvgIpc) is 2.75. The van der Waals surface area contributed by atoms with Crippen LogP contribution in [0.1, 0.15) is 12.0 Å². The second kappa shape index (κ2) is 12.0. The zero-order chi connectivity index (χ0) is 19.4. The third-order valence-corrected chi connectivity index (χ3v) is 5.45. The molecule has 2 fully saturated rings. The minimum atomic E-state index is 0.168. The summed E-state index contributed by atoms with van der Waals surface area (Å²) in [5.41, 5.74) is 1.25. The molecule has 0 aromatic heterocycles. The Kier molecular flexibility index (Phi) is 8.97. The minimum absolute atomic E-state index is 0.168. The number of nitrogens with zero attached hydrogens (tertiary/aromatic N) is 3. The number of piperazine rings is 1. The number of ether oxygens (including phenoxy) is 1. The molecule has 1 N–H and O–H groups in total. The van der Waals surface area contributed by atoms with Crippen LogP contribution in [0.5, 0.6) is 0 Å². The minimum Gasteiger partial charge on any atom is -0.379 e. The molecule has 0 radical (unpaired) electrons.